The lowest BCUT2D eigenvalue weighted by Crippen LogP contribution is -2.41. The number of halogens is 2. The van der Waals surface area contributed by atoms with E-state index < -0.39 is 23.9 Å². The summed E-state index contributed by atoms with van der Waals surface area (Å²) in [7, 11) is 0. The molecule has 0 spiro atoms. The maximum Gasteiger partial charge on any atom is 0.338 e. The number of carbonyl (C=O) groups is 2. The molecule has 128 valence electrons. The lowest BCUT2D eigenvalue weighted by Gasteiger charge is -2.18. The van der Waals surface area contributed by atoms with E-state index in [1.165, 1.54) is 16.9 Å². The van der Waals surface area contributed by atoms with Crippen LogP contribution >= 0.6 is 15.9 Å². The number of hydrogen-bond acceptors (Lipinski definition) is 5. The molecule has 2 aromatic rings. The first-order chi connectivity index (χ1) is 11.5. The Kier molecular flexibility index (Phi) is 4.96. The van der Waals surface area contributed by atoms with Gasteiger partial charge in [-0.25, -0.2) is 13.9 Å². The van der Waals surface area contributed by atoms with Crippen molar-refractivity contribution in [1.82, 2.24) is 15.1 Å². The Labute approximate surface area is 146 Å². The Balaban J connectivity index is 2.02. The minimum Gasteiger partial charge on any atom is -0.464 e. The third kappa shape index (κ3) is 3.21. The zero-order valence-electron chi connectivity index (χ0n) is 13.1. The topological polar surface area (TPSA) is 73.2 Å². The van der Waals surface area contributed by atoms with E-state index in [2.05, 4.69) is 26.3 Å². The van der Waals surface area contributed by atoms with Crippen LogP contribution in [0.25, 0.3) is 10.9 Å². The van der Waals surface area contributed by atoms with Gasteiger partial charge in [-0.1, -0.05) is 15.9 Å². The summed E-state index contributed by atoms with van der Waals surface area (Å²) in [5.74, 6) is -1.46. The molecular weight excluding hydrogens is 381 g/mol. The fourth-order valence-electron chi connectivity index (χ4n) is 2.89. The minimum atomic E-state index is -1.22. The third-order valence-electron chi connectivity index (χ3n) is 4.00. The highest BCUT2D eigenvalue weighted by molar-refractivity contribution is 9.10. The van der Waals surface area contributed by atoms with Crippen molar-refractivity contribution in [2.75, 3.05) is 13.2 Å². The number of ketones is 1. The number of esters is 1. The van der Waals surface area contributed by atoms with Gasteiger partial charge in [0.15, 0.2) is 5.78 Å². The van der Waals surface area contributed by atoms with Gasteiger partial charge >= 0.3 is 5.97 Å². The molecular formula is C16H17BrFN3O3. The standard InChI is InChI=1S/C16H17BrFN3O3/c1-2-24-16(23)14(15(22)12-4-3-5-19-12)21-8-10-11(18)6-9(17)7-13(10)20-21/h6-8,12,14,19H,2-5H2,1H3. The summed E-state index contributed by atoms with van der Waals surface area (Å²) in [6.45, 7) is 2.56. The van der Waals surface area contributed by atoms with Crippen LogP contribution in [0.2, 0.25) is 0 Å². The number of nitrogens with zero attached hydrogens (tertiary/aromatic N) is 2. The van der Waals surface area contributed by atoms with Crippen LogP contribution in [0.3, 0.4) is 0 Å². The van der Waals surface area contributed by atoms with Crippen molar-refractivity contribution in [3.63, 3.8) is 0 Å². The minimum absolute atomic E-state index is 0.154. The lowest BCUT2D eigenvalue weighted by molar-refractivity contribution is -0.151. The van der Waals surface area contributed by atoms with Gasteiger partial charge < -0.3 is 10.1 Å². The number of Topliss-reactive ketones (excluding diaryl/α,β-unsaturated/α-hetero) is 1. The van der Waals surface area contributed by atoms with Gasteiger partial charge in [-0.2, -0.15) is 5.10 Å². The summed E-state index contributed by atoms with van der Waals surface area (Å²) in [6.07, 6.45) is 2.91. The second-order valence-electron chi connectivity index (χ2n) is 5.64. The molecule has 1 saturated heterocycles. The molecule has 2 unspecified atom stereocenters. The van der Waals surface area contributed by atoms with Gasteiger partial charge in [-0.05, 0) is 38.4 Å². The number of carbonyl (C=O) groups excluding carboxylic acids is 2. The molecule has 0 bridgehead atoms. The van der Waals surface area contributed by atoms with Crippen molar-refractivity contribution in [3.05, 3.63) is 28.6 Å². The molecule has 1 aliphatic rings. The van der Waals surface area contributed by atoms with E-state index in [0.717, 1.165) is 13.0 Å². The van der Waals surface area contributed by atoms with E-state index in [1.54, 1.807) is 13.0 Å². The Morgan fingerprint density at radius 1 is 1.54 bits per heavy atom. The molecule has 1 aliphatic heterocycles. The monoisotopic (exact) mass is 397 g/mol. The van der Waals surface area contributed by atoms with Crippen LogP contribution < -0.4 is 5.32 Å². The first-order valence-corrected chi connectivity index (χ1v) is 8.58. The summed E-state index contributed by atoms with van der Waals surface area (Å²) in [5.41, 5.74) is 0.364. The van der Waals surface area contributed by atoms with Crippen molar-refractivity contribution in [2.45, 2.75) is 31.8 Å². The highest BCUT2D eigenvalue weighted by atomic mass is 79.9. The molecule has 0 aliphatic carbocycles. The average Bonchev–Trinajstić information content (AvgIpc) is 3.16. The molecule has 0 radical (unpaired) electrons. The third-order valence-corrected chi connectivity index (χ3v) is 4.46. The van der Waals surface area contributed by atoms with Crippen molar-refractivity contribution in [1.29, 1.82) is 0 Å². The zero-order chi connectivity index (χ0) is 17.3. The van der Waals surface area contributed by atoms with E-state index in [0.29, 0.717) is 16.4 Å². The van der Waals surface area contributed by atoms with Crippen LogP contribution in [-0.2, 0) is 14.3 Å². The highest BCUT2D eigenvalue weighted by Crippen LogP contribution is 2.25. The van der Waals surface area contributed by atoms with Gasteiger partial charge in [0.25, 0.3) is 0 Å². The molecule has 1 aromatic heterocycles. The van der Waals surface area contributed by atoms with Crippen LogP contribution in [-0.4, -0.2) is 40.7 Å². The number of rotatable bonds is 5. The number of benzene rings is 1. The van der Waals surface area contributed by atoms with Crippen LogP contribution in [0.4, 0.5) is 4.39 Å². The molecule has 2 atom stereocenters. The number of fused-ring (bicyclic) bond motifs is 1. The zero-order valence-corrected chi connectivity index (χ0v) is 14.7. The fourth-order valence-corrected chi connectivity index (χ4v) is 3.31. The molecule has 2 heterocycles. The molecule has 0 saturated carbocycles. The predicted octanol–water partition coefficient (Wildman–Crippen LogP) is 2.36. The molecule has 8 heteroatoms. The van der Waals surface area contributed by atoms with Gasteiger partial charge in [0.2, 0.25) is 6.04 Å². The Morgan fingerprint density at radius 3 is 3.00 bits per heavy atom. The molecule has 6 nitrogen and oxygen atoms in total. The van der Waals surface area contributed by atoms with Crippen molar-refractivity contribution in [3.8, 4) is 0 Å². The maximum absolute atomic E-state index is 14.1. The van der Waals surface area contributed by atoms with E-state index >= 15 is 0 Å². The van der Waals surface area contributed by atoms with Crippen molar-refractivity contribution in [2.24, 2.45) is 0 Å². The van der Waals surface area contributed by atoms with E-state index in [1.807, 2.05) is 0 Å². The Bertz CT molecular complexity index is 786. The summed E-state index contributed by atoms with van der Waals surface area (Å²) in [5, 5.41) is 7.56. The normalized spacial score (nSPS) is 18.7. The first kappa shape index (κ1) is 17.0. The van der Waals surface area contributed by atoms with Gasteiger partial charge in [0.1, 0.15) is 5.82 Å². The second kappa shape index (κ2) is 6.98. The smallest absolute Gasteiger partial charge is 0.338 e. The van der Waals surface area contributed by atoms with E-state index in [4.69, 9.17) is 4.74 Å². The lowest BCUT2D eigenvalue weighted by atomic mass is 10.0. The largest absolute Gasteiger partial charge is 0.464 e. The Hall–Kier alpha value is -1.80. The molecule has 24 heavy (non-hydrogen) atoms. The number of ether oxygens (including phenoxy) is 1. The van der Waals surface area contributed by atoms with E-state index in [9.17, 15) is 14.0 Å². The van der Waals surface area contributed by atoms with Crippen LogP contribution in [0.1, 0.15) is 25.8 Å². The van der Waals surface area contributed by atoms with Crippen LogP contribution in [0, 0.1) is 5.82 Å². The molecule has 1 fully saturated rings. The van der Waals surface area contributed by atoms with Crippen molar-refractivity contribution < 1.29 is 18.7 Å². The average molecular weight is 398 g/mol. The summed E-state index contributed by atoms with van der Waals surface area (Å²) in [4.78, 5) is 25.1. The van der Waals surface area contributed by atoms with Crippen molar-refractivity contribution >= 4 is 38.6 Å². The number of nitrogens with one attached hydrogen (secondary N) is 1. The maximum atomic E-state index is 14.1. The quantitative estimate of drug-likeness (QED) is 0.619. The number of aromatic nitrogens is 2. The second-order valence-corrected chi connectivity index (χ2v) is 6.55. The molecule has 3 rings (SSSR count). The summed E-state index contributed by atoms with van der Waals surface area (Å²) >= 11 is 3.21. The van der Waals surface area contributed by atoms with Gasteiger partial charge in [0.05, 0.1) is 23.6 Å². The van der Waals surface area contributed by atoms with Gasteiger partial charge in [0, 0.05) is 10.7 Å². The molecule has 1 aromatic carbocycles. The first-order valence-electron chi connectivity index (χ1n) is 7.79. The van der Waals surface area contributed by atoms with Gasteiger partial charge in [-0.15, -0.1) is 0 Å². The molecule has 0 amide bonds. The van der Waals surface area contributed by atoms with Crippen LogP contribution in [0.15, 0.2) is 22.8 Å². The SMILES string of the molecule is CCOC(=O)C(C(=O)C1CCCN1)n1cc2c(F)cc(Br)cc2n1. The fraction of sp³-hybridized carbons (Fsp3) is 0.438. The summed E-state index contributed by atoms with van der Waals surface area (Å²) < 4.78 is 20.9. The number of hydrogen-bond donors (Lipinski definition) is 1. The van der Waals surface area contributed by atoms with E-state index in [-0.39, 0.29) is 17.8 Å². The molecule has 1 N–H and O–H groups in total. The van der Waals surface area contributed by atoms with Gasteiger partial charge in [-0.3, -0.25) is 4.79 Å². The van der Waals surface area contributed by atoms with Crippen LogP contribution in [0.5, 0.6) is 0 Å². The highest BCUT2D eigenvalue weighted by Gasteiger charge is 2.37. The predicted molar refractivity (Wildman–Crippen MR) is 89.1 cm³/mol. The summed E-state index contributed by atoms with van der Waals surface area (Å²) in [6, 6.07) is 1.32. The Morgan fingerprint density at radius 2 is 2.33 bits per heavy atom.